The van der Waals surface area contributed by atoms with Crippen molar-refractivity contribution in [3.63, 3.8) is 0 Å². The molecule has 1 aromatic heterocycles. The van der Waals surface area contributed by atoms with E-state index in [9.17, 15) is 18.0 Å². The van der Waals surface area contributed by atoms with Crippen LogP contribution in [0.25, 0.3) is 0 Å². The topological polar surface area (TPSA) is 140 Å². The molecule has 4 aromatic rings. The van der Waals surface area contributed by atoms with E-state index in [4.69, 9.17) is 13.9 Å². The summed E-state index contributed by atoms with van der Waals surface area (Å²) in [6, 6.07) is 24.6. The van der Waals surface area contributed by atoms with E-state index >= 15 is 0 Å². The lowest BCUT2D eigenvalue weighted by Crippen LogP contribution is -2.38. The molecule has 11 nitrogen and oxygen atoms in total. The van der Waals surface area contributed by atoms with Crippen molar-refractivity contribution in [3.8, 4) is 11.5 Å². The lowest BCUT2D eigenvalue weighted by molar-refractivity contribution is -0.139. The Balaban J connectivity index is 1.33. The maximum Gasteiger partial charge on any atom is 0.329 e. The molecule has 230 valence electrons. The highest BCUT2D eigenvalue weighted by Gasteiger charge is 2.26. The molecule has 0 aliphatic heterocycles. The molecule has 1 heterocycles. The Bertz CT molecular complexity index is 1700. The van der Waals surface area contributed by atoms with Crippen LogP contribution in [0.3, 0.4) is 0 Å². The molecule has 0 saturated heterocycles. The van der Waals surface area contributed by atoms with Crippen LogP contribution in [0.1, 0.15) is 28.2 Å². The predicted octanol–water partition coefficient (Wildman–Crippen LogP) is 3.81. The highest BCUT2D eigenvalue weighted by Crippen LogP contribution is 2.27. The monoisotopic (exact) mass is 618 g/mol. The molecule has 2 amide bonds. The van der Waals surface area contributed by atoms with Gasteiger partial charge in [0.05, 0.1) is 31.9 Å². The van der Waals surface area contributed by atoms with Gasteiger partial charge in [-0.05, 0) is 60.9 Å². The van der Waals surface area contributed by atoms with Crippen molar-refractivity contribution in [2.24, 2.45) is 5.10 Å². The summed E-state index contributed by atoms with van der Waals surface area (Å²) in [5.74, 6) is 0.0114. The van der Waals surface area contributed by atoms with Crippen molar-refractivity contribution in [1.29, 1.82) is 0 Å². The van der Waals surface area contributed by atoms with Gasteiger partial charge in [0.1, 0.15) is 11.5 Å². The zero-order valence-electron chi connectivity index (χ0n) is 24.6. The standard InChI is InChI=1S/C32H34N4O7S/c1-23-9-14-28(15-10-23)44(39,40)36(21-25-7-5-4-6-8-25)22-27-13-12-26(43-27)20-34-35-32(38)31(37)33-18-17-24-11-16-29(41-2)30(19-24)42-3/h4-16,19-20H,17-18,21-22H2,1-3H3,(H,33,37)(H,35,38)/b34-20+. The van der Waals surface area contributed by atoms with Crippen molar-refractivity contribution >= 4 is 28.1 Å². The molecule has 0 atom stereocenters. The minimum Gasteiger partial charge on any atom is -0.493 e. The van der Waals surface area contributed by atoms with Gasteiger partial charge < -0.3 is 19.2 Å². The van der Waals surface area contributed by atoms with Gasteiger partial charge in [-0.1, -0.05) is 54.1 Å². The minimum atomic E-state index is -3.85. The second-order valence-electron chi connectivity index (χ2n) is 9.77. The first kappa shape index (κ1) is 32.0. The fourth-order valence-corrected chi connectivity index (χ4v) is 5.63. The summed E-state index contributed by atoms with van der Waals surface area (Å²) in [4.78, 5) is 24.5. The Labute approximate surface area is 256 Å². The van der Waals surface area contributed by atoms with Crippen LogP contribution in [0, 0.1) is 6.92 Å². The summed E-state index contributed by atoms with van der Waals surface area (Å²) in [5, 5.41) is 6.33. The number of hydrazone groups is 1. The first-order valence-corrected chi connectivity index (χ1v) is 15.1. The van der Waals surface area contributed by atoms with Crippen LogP contribution in [-0.2, 0) is 39.1 Å². The highest BCUT2D eigenvalue weighted by molar-refractivity contribution is 7.89. The van der Waals surface area contributed by atoms with Crippen molar-refractivity contribution in [2.45, 2.75) is 31.3 Å². The van der Waals surface area contributed by atoms with Gasteiger partial charge in [-0.25, -0.2) is 13.8 Å². The summed E-state index contributed by atoms with van der Waals surface area (Å²) >= 11 is 0. The van der Waals surface area contributed by atoms with Gasteiger partial charge in [0.25, 0.3) is 0 Å². The van der Waals surface area contributed by atoms with Crippen LogP contribution in [0.15, 0.2) is 99.3 Å². The maximum atomic E-state index is 13.5. The van der Waals surface area contributed by atoms with E-state index in [0.29, 0.717) is 23.7 Å². The Kier molecular flexibility index (Phi) is 10.9. The highest BCUT2D eigenvalue weighted by atomic mass is 32.2. The van der Waals surface area contributed by atoms with Gasteiger partial charge in [0, 0.05) is 13.1 Å². The van der Waals surface area contributed by atoms with E-state index in [1.807, 2.05) is 43.3 Å². The largest absolute Gasteiger partial charge is 0.493 e. The molecule has 0 aliphatic carbocycles. The average Bonchev–Trinajstić information content (AvgIpc) is 3.48. The van der Waals surface area contributed by atoms with E-state index in [2.05, 4.69) is 15.8 Å². The van der Waals surface area contributed by atoms with Gasteiger partial charge in [-0.15, -0.1) is 0 Å². The molecule has 0 aliphatic rings. The molecule has 0 unspecified atom stereocenters. The van der Waals surface area contributed by atoms with Crippen LogP contribution >= 0.6 is 0 Å². The number of nitrogens with zero attached hydrogens (tertiary/aromatic N) is 2. The number of aryl methyl sites for hydroxylation is 1. The molecular weight excluding hydrogens is 584 g/mol. The third kappa shape index (κ3) is 8.55. The van der Waals surface area contributed by atoms with Crippen molar-refractivity contribution in [2.75, 3.05) is 20.8 Å². The van der Waals surface area contributed by atoms with Crippen LogP contribution in [0.4, 0.5) is 0 Å². The third-order valence-electron chi connectivity index (χ3n) is 6.59. The molecule has 0 radical (unpaired) electrons. The normalized spacial score (nSPS) is 11.5. The Hall–Kier alpha value is -4.94. The van der Waals surface area contributed by atoms with Crippen LogP contribution < -0.4 is 20.2 Å². The third-order valence-corrected chi connectivity index (χ3v) is 8.39. The summed E-state index contributed by atoms with van der Waals surface area (Å²) < 4.78 is 44.7. The summed E-state index contributed by atoms with van der Waals surface area (Å²) in [7, 11) is -0.765. The summed E-state index contributed by atoms with van der Waals surface area (Å²) in [6.45, 7) is 2.21. The Morgan fingerprint density at radius 2 is 1.59 bits per heavy atom. The van der Waals surface area contributed by atoms with Crippen LogP contribution in [0.2, 0.25) is 0 Å². The number of rotatable bonds is 13. The molecule has 4 rings (SSSR count). The molecule has 2 N–H and O–H groups in total. The number of ether oxygens (including phenoxy) is 2. The molecular formula is C32H34N4O7S. The van der Waals surface area contributed by atoms with Gasteiger partial charge >= 0.3 is 11.8 Å². The molecule has 44 heavy (non-hydrogen) atoms. The number of hydrogen-bond donors (Lipinski definition) is 2. The van der Waals surface area contributed by atoms with E-state index in [1.165, 1.54) is 17.6 Å². The molecule has 3 aromatic carbocycles. The van der Waals surface area contributed by atoms with E-state index < -0.39 is 21.8 Å². The number of carbonyl (C=O) groups excluding carboxylic acids is 2. The first-order chi connectivity index (χ1) is 21.2. The number of amides is 2. The van der Waals surface area contributed by atoms with E-state index in [-0.39, 0.29) is 30.3 Å². The van der Waals surface area contributed by atoms with E-state index in [0.717, 1.165) is 16.7 Å². The van der Waals surface area contributed by atoms with Gasteiger partial charge in [-0.3, -0.25) is 9.59 Å². The van der Waals surface area contributed by atoms with Gasteiger partial charge in [0.2, 0.25) is 10.0 Å². The number of carbonyl (C=O) groups is 2. The number of methoxy groups -OCH3 is 2. The zero-order chi connectivity index (χ0) is 31.5. The summed E-state index contributed by atoms with van der Waals surface area (Å²) in [5.41, 5.74) is 4.83. The number of benzene rings is 3. The number of hydrogen-bond acceptors (Lipinski definition) is 8. The molecule has 12 heteroatoms. The predicted molar refractivity (Wildman–Crippen MR) is 165 cm³/mol. The SMILES string of the molecule is COc1ccc(CCNC(=O)C(=O)N/N=C/c2ccc(CN(Cc3ccccc3)S(=O)(=O)c3ccc(C)cc3)o2)cc1OC. The Morgan fingerprint density at radius 1 is 0.864 bits per heavy atom. The lowest BCUT2D eigenvalue weighted by Gasteiger charge is -2.21. The number of furan rings is 1. The van der Waals surface area contributed by atoms with Crippen LogP contribution in [-0.4, -0.2) is 51.5 Å². The molecule has 0 fully saturated rings. The first-order valence-electron chi connectivity index (χ1n) is 13.7. The van der Waals surface area contributed by atoms with Crippen molar-refractivity contribution in [3.05, 3.63) is 113 Å². The van der Waals surface area contributed by atoms with Crippen LogP contribution in [0.5, 0.6) is 11.5 Å². The molecule has 0 bridgehead atoms. The molecule has 0 saturated carbocycles. The van der Waals surface area contributed by atoms with Gasteiger partial charge in [0.15, 0.2) is 11.5 Å². The second-order valence-corrected chi connectivity index (χ2v) is 11.7. The smallest absolute Gasteiger partial charge is 0.329 e. The number of nitrogens with one attached hydrogen (secondary N) is 2. The fourth-order valence-electron chi connectivity index (χ4n) is 4.24. The van der Waals surface area contributed by atoms with Crippen molar-refractivity contribution < 1.29 is 31.9 Å². The Morgan fingerprint density at radius 3 is 2.30 bits per heavy atom. The zero-order valence-corrected chi connectivity index (χ0v) is 25.5. The molecule has 0 spiro atoms. The lowest BCUT2D eigenvalue weighted by atomic mass is 10.1. The van der Waals surface area contributed by atoms with Crippen molar-refractivity contribution in [1.82, 2.24) is 15.0 Å². The fraction of sp³-hybridized carbons (Fsp3) is 0.219. The number of sulfonamides is 1. The second kappa shape index (κ2) is 15.0. The quantitative estimate of drug-likeness (QED) is 0.132. The summed E-state index contributed by atoms with van der Waals surface area (Å²) in [6.07, 6.45) is 1.70. The minimum absolute atomic E-state index is 0.0339. The van der Waals surface area contributed by atoms with Gasteiger partial charge in [-0.2, -0.15) is 9.41 Å². The van der Waals surface area contributed by atoms with E-state index in [1.54, 1.807) is 55.6 Å². The maximum absolute atomic E-state index is 13.5. The average molecular weight is 619 g/mol.